The van der Waals surface area contributed by atoms with Gasteiger partial charge in [0.15, 0.2) is 0 Å². The maximum absolute atomic E-state index is 13.3. The molecule has 8 heteroatoms. The van der Waals surface area contributed by atoms with E-state index in [2.05, 4.69) is 10.1 Å². The second-order valence-electron chi connectivity index (χ2n) is 8.63. The molecule has 0 spiro atoms. The molecule has 1 saturated heterocycles. The summed E-state index contributed by atoms with van der Waals surface area (Å²) in [6.07, 6.45) is 2.76. The van der Waals surface area contributed by atoms with Gasteiger partial charge in [-0.1, -0.05) is 12.1 Å². The Balaban J connectivity index is 1.57. The van der Waals surface area contributed by atoms with E-state index >= 15 is 0 Å². The van der Waals surface area contributed by atoms with Crippen molar-refractivity contribution in [3.05, 3.63) is 58.4 Å². The van der Waals surface area contributed by atoms with E-state index in [0.717, 1.165) is 29.7 Å². The molecule has 3 aromatic rings. The summed E-state index contributed by atoms with van der Waals surface area (Å²) in [6.45, 7) is 6.68. The lowest BCUT2D eigenvalue weighted by molar-refractivity contribution is 0.0204. The zero-order valence-electron chi connectivity index (χ0n) is 17.3. The number of halogens is 1. The van der Waals surface area contributed by atoms with Crippen LogP contribution < -0.4 is 5.56 Å². The molecule has 0 atom stereocenters. The Kier molecular flexibility index (Phi) is 5.09. The van der Waals surface area contributed by atoms with E-state index < -0.39 is 5.60 Å². The zero-order valence-corrected chi connectivity index (χ0v) is 17.3. The summed E-state index contributed by atoms with van der Waals surface area (Å²) in [7, 11) is 0. The van der Waals surface area contributed by atoms with Gasteiger partial charge in [-0.3, -0.25) is 4.79 Å². The van der Waals surface area contributed by atoms with Crippen molar-refractivity contribution >= 4 is 11.7 Å². The van der Waals surface area contributed by atoms with E-state index in [1.165, 1.54) is 16.6 Å². The number of carbonyl (C=O) groups is 1. The third-order valence-corrected chi connectivity index (χ3v) is 5.26. The Morgan fingerprint density at radius 3 is 2.50 bits per heavy atom. The molecule has 158 valence electrons. The molecule has 30 heavy (non-hydrogen) atoms. The van der Waals surface area contributed by atoms with Gasteiger partial charge in [0.1, 0.15) is 17.1 Å². The molecule has 1 amide bonds. The lowest BCUT2D eigenvalue weighted by atomic mass is 9.93. The van der Waals surface area contributed by atoms with Gasteiger partial charge in [-0.15, -0.1) is 0 Å². The van der Waals surface area contributed by atoms with Gasteiger partial charge in [-0.25, -0.2) is 9.18 Å². The first kappa shape index (κ1) is 20.1. The predicted molar refractivity (Wildman–Crippen MR) is 111 cm³/mol. The fraction of sp³-hybridized carbons (Fsp3) is 0.409. The molecule has 3 heterocycles. The summed E-state index contributed by atoms with van der Waals surface area (Å²) in [5.74, 6) is -0.196. The van der Waals surface area contributed by atoms with Crippen LogP contribution in [0.3, 0.4) is 0 Å². The topological polar surface area (TPSA) is 79.7 Å². The minimum absolute atomic E-state index is 0.123. The van der Waals surface area contributed by atoms with Gasteiger partial charge in [0.2, 0.25) is 0 Å². The minimum Gasteiger partial charge on any atom is -0.444 e. The molecule has 2 aromatic heterocycles. The monoisotopic (exact) mass is 412 g/mol. The normalized spacial score (nSPS) is 15.5. The van der Waals surface area contributed by atoms with Crippen LogP contribution in [0.4, 0.5) is 9.18 Å². The first-order chi connectivity index (χ1) is 14.2. The van der Waals surface area contributed by atoms with Crippen LogP contribution in [0, 0.1) is 5.82 Å². The highest BCUT2D eigenvalue weighted by Crippen LogP contribution is 2.29. The van der Waals surface area contributed by atoms with Crippen molar-refractivity contribution in [3.8, 4) is 11.1 Å². The number of nitrogens with zero attached hydrogens (tertiary/aromatic N) is 3. The van der Waals surface area contributed by atoms with E-state index in [1.807, 2.05) is 20.8 Å². The van der Waals surface area contributed by atoms with E-state index in [4.69, 9.17) is 4.74 Å². The van der Waals surface area contributed by atoms with Gasteiger partial charge >= 0.3 is 6.09 Å². The fourth-order valence-corrected chi connectivity index (χ4v) is 3.76. The summed E-state index contributed by atoms with van der Waals surface area (Å²) >= 11 is 0. The summed E-state index contributed by atoms with van der Waals surface area (Å²) in [4.78, 5) is 30.0. The second kappa shape index (κ2) is 7.59. The quantitative estimate of drug-likeness (QED) is 0.691. The number of rotatable bonds is 2. The Hall–Kier alpha value is -3.16. The summed E-state index contributed by atoms with van der Waals surface area (Å²) in [5, 5.41) is 4.18. The molecule has 1 aromatic carbocycles. The molecule has 1 N–H and O–H groups in total. The highest BCUT2D eigenvalue weighted by atomic mass is 19.1. The van der Waals surface area contributed by atoms with Crippen LogP contribution in [-0.2, 0) is 4.74 Å². The molecule has 0 saturated carbocycles. The first-order valence-corrected chi connectivity index (χ1v) is 10.1. The number of fused-ring (bicyclic) bond motifs is 1. The number of benzene rings is 1. The van der Waals surface area contributed by atoms with Crippen LogP contribution in [0.1, 0.15) is 45.2 Å². The molecule has 0 radical (unpaired) electrons. The number of piperidine rings is 1. The van der Waals surface area contributed by atoms with Gasteiger partial charge in [0, 0.05) is 36.3 Å². The highest BCUT2D eigenvalue weighted by Gasteiger charge is 2.28. The number of hydrogen-bond acceptors (Lipinski definition) is 4. The van der Waals surface area contributed by atoms with Crippen LogP contribution in [0.2, 0.25) is 0 Å². The lowest BCUT2D eigenvalue weighted by Gasteiger charge is -2.33. The van der Waals surface area contributed by atoms with E-state index in [-0.39, 0.29) is 23.4 Å². The number of aromatic nitrogens is 3. The van der Waals surface area contributed by atoms with Crippen molar-refractivity contribution in [3.63, 3.8) is 0 Å². The standard InChI is InChI=1S/C22H25FN4O3/c1-22(2,3)30-21(29)26-10-8-15(9-11-26)18-12-19(28)27-20(25-18)17(13-24-27)14-4-6-16(23)7-5-14/h4-7,12-13,15,25H,8-11H2,1-3H3. The van der Waals surface area contributed by atoms with Crippen LogP contribution in [-0.4, -0.2) is 44.3 Å². The number of amides is 1. The molecule has 7 nitrogen and oxygen atoms in total. The molecule has 4 rings (SSSR count). The smallest absolute Gasteiger partial charge is 0.410 e. The second-order valence-corrected chi connectivity index (χ2v) is 8.63. The third-order valence-electron chi connectivity index (χ3n) is 5.26. The summed E-state index contributed by atoms with van der Waals surface area (Å²) in [5.41, 5.74) is 2.17. The van der Waals surface area contributed by atoms with Gasteiger partial charge < -0.3 is 14.6 Å². The lowest BCUT2D eigenvalue weighted by Crippen LogP contribution is -2.41. The molecular weight excluding hydrogens is 387 g/mol. The Morgan fingerprint density at radius 1 is 1.20 bits per heavy atom. The van der Waals surface area contributed by atoms with Crippen LogP contribution in [0.25, 0.3) is 16.8 Å². The average molecular weight is 412 g/mol. The maximum Gasteiger partial charge on any atom is 0.410 e. The van der Waals surface area contributed by atoms with Crippen molar-refractivity contribution < 1.29 is 13.9 Å². The molecule has 0 aliphatic carbocycles. The Bertz CT molecular complexity index is 1120. The van der Waals surface area contributed by atoms with Gasteiger partial charge in [-0.2, -0.15) is 9.61 Å². The zero-order chi connectivity index (χ0) is 21.5. The van der Waals surface area contributed by atoms with Crippen LogP contribution >= 0.6 is 0 Å². The highest BCUT2D eigenvalue weighted by molar-refractivity contribution is 5.76. The number of likely N-dealkylation sites (tertiary alicyclic amines) is 1. The summed E-state index contributed by atoms with van der Waals surface area (Å²) < 4.78 is 20.0. The summed E-state index contributed by atoms with van der Waals surface area (Å²) in [6, 6.07) is 7.66. The Labute approximate surface area is 173 Å². The number of aromatic amines is 1. The minimum atomic E-state index is -0.525. The van der Waals surface area contributed by atoms with Gasteiger partial charge in [0.05, 0.1) is 6.20 Å². The van der Waals surface area contributed by atoms with Crippen molar-refractivity contribution in [2.75, 3.05) is 13.1 Å². The molecule has 1 fully saturated rings. The van der Waals surface area contributed by atoms with Gasteiger partial charge in [0.25, 0.3) is 5.56 Å². The van der Waals surface area contributed by atoms with Gasteiger partial charge in [-0.05, 0) is 51.3 Å². The number of nitrogens with one attached hydrogen (secondary N) is 1. The number of H-pyrrole nitrogens is 1. The third kappa shape index (κ3) is 4.08. The number of carbonyl (C=O) groups excluding carboxylic acids is 1. The van der Waals surface area contributed by atoms with Crippen LogP contribution in [0.5, 0.6) is 0 Å². The molecule has 0 bridgehead atoms. The molecular formula is C22H25FN4O3. The number of ether oxygens (including phenoxy) is 1. The SMILES string of the molecule is CC(C)(C)OC(=O)N1CCC(c2cc(=O)n3ncc(-c4ccc(F)cc4)c3[nH]2)CC1. The molecule has 1 aliphatic rings. The number of hydrogen-bond donors (Lipinski definition) is 1. The molecule has 1 aliphatic heterocycles. The molecule has 0 unspecified atom stereocenters. The largest absolute Gasteiger partial charge is 0.444 e. The van der Waals surface area contributed by atoms with Crippen molar-refractivity contribution in [1.29, 1.82) is 0 Å². The fourth-order valence-electron chi connectivity index (χ4n) is 3.76. The van der Waals surface area contributed by atoms with E-state index in [1.54, 1.807) is 29.3 Å². The van der Waals surface area contributed by atoms with E-state index in [0.29, 0.717) is 18.7 Å². The van der Waals surface area contributed by atoms with Crippen molar-refractivity contribution in [2.45, 2.75) is 45.1 Å². The van der Waals surface area contributed by atoms with E-state index in [9.17, 15) is 14.0 Å². The van der Waals surface area contributed by atoms with Crippen LogP contribution in [0.15, 0.2) is 41.3 Å². The van der Waals surface area contributed by atoms with Crippen molar-refractivity contribution in [2.24, 2.45) is 0 Å². The maximum atomic E-state index is 13.3. The Morgan fingerprint density at radius 2 is 1.87 bits per heavy atom. The van der Waals surface area contributed by atoms with Crippen molar-refractivity contribution in [1.82, 2.24) is 19.5 Å². The first-order valence-electron chi connectivity index (χ1n) is 10.1. The average Bonchev–Trinajstić information content (AvgIpc) is 3.12. The predicted octanol–water partition coefficient (Wildman–Crippen LogP) is 3.94.